The quantitative estimate of drug-likeness (QED) is 0.840. The number of thiazole rings is 1. The average molecular weight is 297 g/mol. The maximum atomic E-state index is 5.95. The highest BCUT2D eigenvalue weighted by Gasteiger charge is 2.54. The molecule has 1 saturated carbocycles. The molecule has 4 nitrogen and oxygen atoms in total. The van der Waals surface area contributed by atoms with Gasteiger partial charge in [-0.1, -0.05) is 13.8 Å². The summed E-state index contributed by atoms with van der Waals surface area (Å²) in [6.45, 7) is 8.42. The molecule has 2 rings (SSSR count). The van der Waals surface area contributed by atoms with E-state index in [1.54, 1.807) is 11.3 Å². The molecule has 0 saturated heterocycles. The van der Waals surface area contributed by atoms with Crippen molar-refractivity contribution >= 4 is 16.5 Å². The molecule has 1 aliphatic rings. The first kappa shape index (κ1) is 15.7. The lowest BCUT2D eigenvalue weighted by Gasteiger charge is -2.58. The van der Waals surface area contributed by atoms with Crippen molar-refractivity contribution in [3.05, 3.63) is 11.1 Å². The molecule has 1 fully saturated rings. The fourth-order valence-electron chi connectivity index (χ4n) is 3.71. The molecule has 1 aromatic rings. The van der Waals surface area contributed by atoms with Crippen molar-refractivity contribution < 1.29 is 4.74 Å². The molecule has 0 aromatic carbocycles. The Kier molecular flexibility index (Phi) is 5.04. The predicted molar refractivity (Wildman–Crippen MR) is 84.8 cm³/mol. The third-order valence-electron chi connectivity index (χ3n) is 4.94. The van der Waals surface area contributed by atoms with Gasteiger partial charge in [0.15, 0.2) is 5.13 Å². The maximum absolute atomic E-state index is 5.95. The average Bonchev–Trinajstić information content (AvgIpc) is 2.81. The van der Waals surface area contributed by atoms with Crippen molar-refractivity contribution in [1.29, 1.82) is 0 Å². The minimum atomic E-state index is 0.307. The topological polar surface area (TPSA) is 51.4 Å². The molecular weight excluding hydrogens is 270 g/mol. The number of ether oxygens (including phenoxy) is 1. The maximum Gasteiger partial charge on any atom is 0.180 e. The van der Waals surface area contributed by atoms with Gasteiger partial charge in [0.2, 0.25) is 0 Å². The minimum absolute atomic E-state index is 0.307. The standard InChI is InChI=1S/C15H27N3OS/c1-5-15(6-2)12(8-13(15)19-7-3)18(4)10-11-9-17-14(16)20-11/h9,12-13H,5-8,10H2,1-4H3,(H2,16,17). The van der Waals surface area contributed by atoms with Gasteiger partial charge in [-0.25, -0.2) is 4.98 Å². The number of nitrogen functional groups attached to an aromatic ring is 1. The molecule has 2 unspecified atom stereocenters. The van der Waals surface area contributed by atoms with Crippen molar-refractivity contribution in [3.8, 4) is 0 Å². The fraction of sp³-hybridized carbons (Fsp3) is 0.800. The molecule has 1 heterocycles. The largest absolute Gasteiger partial charge is 0.378 e. The van der Waals surface area contributed by atoms with Gasteiger partial charge in [0, 0.05) is 35.7 Å². The number of nitrogens with zero attached hydrogens (tertiary/aromatic N) is 2. The normalized spacial score (nSPS) is 24.9. The van der Waals surface area contributed by atoms with Crippen LogP contribution in [-0.2, 0) is 11.3 Å². The zero-order valence-electron chi connectivity index (χ0n) is 13.1. The van der Waals surface area contributed by atoms with Crippen LogP contribution < -0.4 is 5.73 Å². The third kappa shape index (κ3) is 2.71. The van der Waals surface area contributed by atoms with Gasteiger partial charge in [-0.2, -0.15) is 0 Å². The zero-order valence-corrected chi connectivity index (χ0v) is 13.9. The van der Waals surface area contributed by atoms with Gasteiger partial charge in [-0.15, -0.1) is 11.3 Å². The van der Waals surface area contributed by atoms with Crippen molar-refractivity contribution in [2.45, 2.75) is 58.7 Å². The molecule has 0 bridgehead atoms. The Hall–Kier alpha value is -0.650. The van der Waals surface area contributed by atoms with Crippen LogP contribution in [0.1, 0.15) is 44.9 Å². The molecule has 114 valence electrons. The number of hydrogen-bond donors (Lipinski definition) is 1. The van der Waals surface area contributed by atoms with E-state index in [4.69, 9.17) is 10.5 Å². The number of anilines is 1. The lowest BCUT2D eigenvalue weighted by atomic mass is 9.58. The molecule has 0 aliphatic heterocycles. The van der Waals surface area contributed by atoms with Crippen LogP contribution in [0.3, 0.4) is 0 Å². The van der Waals surface area contributed by atoms with Crippen LogP contribution in [0.2, 0.25) is 0 Å². The SMILES string of the molecule is CCOC1CC(N(C)Cc2cnc(N)s2)C1(CC)CC. The summed E-state index contributed by atoms with van der Waals surface area (Å²) in [7, 11) is 2.21. The molecular formula is C15H27N3OS. The van der Waals surface area contributed by atoms with E-state index in [-0.39, 0.29) is 0 Å². The minimum Gasteiger partial charge on any atom is -0.378 e. The predicted octanol–water partition coefficient (Wildman–Crippen LogP) is 3.14. The molecule has 2 atom stereocenters. The molecule has 5 heteroatoms. The first-order valence-electron chi connectivity index (χ1n) is 7.59. The Morgan fingerprint density at radius 1 is 1.45 bits per heavy atom. The van der Waals surface area contributed by atoms with E-state index in [9.17, 15) is 0 Å². The van der Waals surface area contributed by atoms with Gasteiger partial charge < -0.3 is 10.5 Å². The summed E-state index contributed by atoms with van der Waals surface area (Å²) in [6.07, 6.45) is 5.80. The Labute approximate surface area is 126 Å². The molecule has 2 N–H and O–H groups in total. The first-order chi connectivity index (χ1) is 9.57. The monoisotopic (exact) mass is 297 g/mol. The smallest absolute Gasteiger partial charge is 0.180 e. The van der Waals surface area contributed by atoms with Crippen LogP contribution >= 0.6 is 11.3 Å². The number of rotatable bonds is 7. The summed E-state index contributed by atoms with van der Waals surface area (Å²) in [5, 5.41) is 0.659. The van der Waals surface area contributed by atoms with E-state index in [0.29, 0.717) is 22.7 Å². The molecule has 0 radical (unpaired) electrons. The lowest BCUT2D eigenvalue weighted by Crippen LogP contribution is -2.63. The second-order valence-corrected chi connectivity index (χ2v) is 6.86. The highest BCUT2D eigenvalue weighted by atomic mass is 32.1. The van der Waals surface area contributed by atoms with Crippen LogP contribution in [0.15, 0.2) is 6.20 Å². The molecule has 0 amide bonds. The third-order valence-corrected chi connectivity index (χ3v) is 5.75. The van der Waals surface area contributed by atoms with E-state index in [1.807, 2.05) is 6.20 Å². The van der Waals surface area contributed by atoms with Gasteiger partial charge in [-0.3, -0.25) is 4.90 Å². The number of hydrogen-bond acceptors (Lipinski definition) is 5. The highest BCUT2D eigenvalue weighted by molar-refractivity contribution is 7.15. The Morgan fingerprint density at radius 2 is 2.15 bits per heavy atom. The van der Waals surface area contributed by atoms with E-state index in [1.165, 1.54) is 17.7 Å². The molecule has 1 aliphatic carbocycles. The number of aromatic nitrogens is 1. The Morgan fingerprint density at radius 3 is 2.65 bits per heavy atom. The summed E-state index contributed by atoms with van der Waals surface area (Å²) in [4.78, 5) is 7.83. The summed E-state index contributed by atoms with van der Waals surface area (Å²) in [6, 6.07) is 0.595. The lowest BCUT2D eigenvalue weighted by molar-refractivity contribution is -0.168. The van der Waals surface area contributed by atoms with E-state index < -0.39 is 0 Å². The van der Waals surface area contributed by atoms with Crippen LogP contribution in [0.5, 0.6) is 0 Å². The van der Waals surface area contributed by atoms with Gasteiger partial charge in [-0.05, 0) is 33.2 Å². The van der Waals surface area contributed by atoms with Gasteiger partial charge in [0.1, 0.15) is 0 Å². The van der Waals surface area contributed by atoms with Crippen LogP contribution in [0.4, 0.5) is 5.13 Å². The molecule has 20 heavy (non-hydrogen) atoms. The first-order valence-corrected chi connectivity index (χ1v) is 8.41. The molecule has 0 spiro atoms. The van der Waals surface area contributed by atoms with Gasteiger partial charge in [0.05, 0.1) is 6.10 Å². The van der Waals surface area contributed by atoms with Crippen LogP contribution in [0, 0.1) is 5.41 Å². The van der Waals surface area contributed by atoms with Crippen molar-refractivity contribution in [2.24, 2.45) is 5.41 Å². The summed E-state index contributed by atoms with van der Waals surface area (Å²) in [5.74, 6) is 0. The van der Waals surface area contributed by atoms with Crippen LogP contribution in [0.25, 0.3) is 0 Å². The van der Waals surface area contributed by atoms with Crippen LogP contribution in [-0.4, -0.2) is 35.7 Å². The molecule has 1 aromatic heterocycles. The zero-order chi connectivity index (χ0) is 14.8. The van der Waals surface area contributed by atoms with Gasteiger partial charge in [0.25, 0.3) is 0 Å². The summed E-state index contributed by atoms with van der Waals surface area (Å²) in [5.41, 5.74) is 6.02. The van der Waals surface area contributed by atoms with Crippen molar-refractivity contribution in [3.63, 3.8) is 0 Å². The second-order valence-electron chi connectivity index (χ2n) is 5.72. The Balaban J connectivity index is 2.04. The van der Waals surface area contributed by atoms with E-state index in [0.717, 1.165) is 19.6 Å². The van der Waals surface area contributed by atoms with Gasteiger partial charge >= 0.3 is 0 Å². The van der Waals surface area contributed by atoms with Crippen molar-refractivity contribution in [2.75, 3.05) is 19.4 Å². The van der Waals surface area contributed by atoms with E-state index in [2.05, 4.69) is 37.7 Å². The van der Waals surface area contributed by atoms with E-state index >= 15 is 0 Å². The highest BCUT2D eigenvalue weighted by Crippen LogP contribution is 2.51. The number of nitrogens with two attached hydrogens (primary N) is 1. The van der Waals surface area contributed by atoms with Crippen molar-refractivity contribution in [1.82, 2.24) is 9.88 Å². The Bertz CT molecular complexity index is 431. The summed E-state index contributed by atoms with van der Waals surface area (Å²) < 4.78 is 5.95. The second kappa shape index (κ2) is 6.41. The fourth-order valence-corrected chi connectivity index (χ4v) is 4.46. The summed E-state index contributed by atoms with van der Waals surface area (Å²) >= 11 is 1.59.